The third kappa shape index (κ3) is 3.82. The van der Waals surface area contributed by atoms with Crippen molar-refractivity contribution >= 4 is 28.9 Å². The monoisotopic (exact) mass is 305 g/mol. The number of benzene rings is 1. The second kappa shape index (κ2) is 6.41. The summed E-state index contributed by atoms with van der Waals surface area (Å²) in [5.41, 5.74) is 1.32. The van der Waals surface area contributed by atoms with E-state index in [2.05, 4.69) is 5.32 Å². The predicted octanol–water partition coefficient (Wildman–Crippen LogP) is 3.16. The molecule has 0 spiro atoms. The topological polar surface area (TPSA) is 75.6 Å². The zero-order valence-electron chi connectivity index (χ0n) is 11.6. The van der Waals surface area contributed by atoms with Crippen LogP contribution >= 0.6 is 11.3 Å². The number of anilines is 1. The van der Waals surface area contributed by atoms with Crippen LogP contribution < -0.4 is 10.1 Å². The second-order valence-electron chi connectivity index (χ2n) is 4.53. The highest BCUT2D eigenvalue weighted by Gasteiger charge is 2.19. The molecule has 6 heteroatoms. The number of nitrogens with one attached hydrogen (secondary N) is 1. The molecule has 0 bridgehead atoms. The van der Waals surface area contributed by atoms with Crippen molar-refractivity contribution in [3.63, 3.8) is 0 Å². The minimum atomic E-state index is -1.06. The first-order chi connectivity index (χ1) is 9.97. The fourth-order valence-corrected chi connectivity index (χ4v) is 2.44. The van der Waals surface area contributed by atoms with E-state index in [-0.39, 0.29) is 10.6 Å². The number of aryl methyl sites for hydroxylation is 1. The molecule has 1 aromatic heterocycles. The van der Waals surface area contributed by atoms with Crippen molar-refractivity contribution in [2.24, 2.45) is 0 Å². The standard InChI is InChI=1S/C15H15NO4S/c1-9-4-3-5-11(8-9)20-10(2)14(17)16-12-6-7-21-13(12)15(18)19/h3-8,10H,1-2H3,(H,16,17)(H,18,19). The largest absolute Gasteiger partial charge is 0.481 e. The smallest absolute Gasteiger partial charge is 0.348 e. The van der Waals surface area contributed by atoms with Crippen LogP contribution in [0.5, 0.6) is 5.75 Å². The average Bonchev–Trinajstić information content (AvgIpc) is 2.87. The number of carbonyl (C=O) groups is 2. The number of ether oxygens (including phenoxy) is 1. The van der Waals surface area contributed by atoms with Crippen molar-refractivity contribution in [3.8, 4) is 5.75 Å². The van der Waals surface area contributed by atoms with Gasteiger partial charge in [-0.1, -0.05) is 12.1 Å². The Hall–Kier alpha value is -2.34. The van der Waals surface area contributed by atoms with Gasteiger partial charge in [-0.05, 0) is 43.0 Å². The first-order valence-corrected chi connectivity index (χ1v) is 7.20. The Morgan fingerprint density at radius 2 is 2.10 bits per heavy atom. The average molecular weight is 305 g/mol. The number of carbonyl (C=O) groups excluding carboxylic acids is 1. The molecule has 1 amide bonds. The summed E-state index contributed by atoms with van der Waals surface area (Å²) in [6, 6.07) is 8.94. The lowest BCUT2D eigenvalue weighted by molar-refractivity contribution is -0.122. The zero-order chi connectivity index (χ0) is 15.4. The third-order valence-corrected chi connectivity index (χ3v) is 3.69. The van der Waals surface area contributed by atoms with E-state index in [1.165, 1.54) is 0 Å². The van der Waals surface area contributed by atoms with Gasteiger partial charge in [0.05, 0.1) is 5.69 Å². The molecular formula is C15H15NO4S. The maximum atomic E-state index is 12.1. The Bertz CT molecular complexity index is 665. The zero-order valence-corrected chi connectivity index (χ0v) is 12.4. The summed E-state index contributed by atoms with van der Waals surface area (Å²) < 4.78 is 5.55. The van der Waals surface area contributed by atoms with Crippen LogP contribution in [0.25, 0.3) is 0 Å². The van der Waals surface area contributed by atoms with E-state index < -0.39 is 18.0 Å². The van der Waals surface area contributed by atoms with Crippen molar-refractivity contribution in [2.45, 2.75) is 20.0 Å². The molecule has 2 N–H and O–H groups in total. The number of carboxylic acids is 1. The van der Waals surface area contributed by atoms with Gasteiger partial charge < -0.3 is 15.2 Å². The molecule has 110 valence electrons. The molecule has 0 saturated heterocycles. The highest BCUT2D eigenvalue weighted by atomic mass is 32.1. The Morgan fingerprint density at radius 1 is 1.33 bits per heavy atom. The number of hydrogen-bond acceptors (Lipinski definition) is 4. The molecule has 0 aliphatic rings. The Labute approximate surface area is 126 Å². The van der Waals surface area contributed by atoms with E-state index in [0.29, 0.717) is 5.75 Å². The fraction of sp³-hybridized carbons (Fsp3) is 0.200. The van der Waals surface area contributed by atoms with Crippen LogP contribution in [0.1, 0.15) is 22.2 Å². The molecule has 5 nitrogen and oxygen atoms in total. The first kappa shape index (κ1) is 15.1. The number of rotatable bonds is 5. The Kier molecular flexibility index (Phi) is 4.59. The highest BCUT2D eigenvalue weighted by Crippen LogP contribution is 2.22. The molecule has 1 unspecified atom stereocenters. The molecule has 2 aromatic rings. The molecular weight excluding hydrogens is 290 g/mol. The van der Waals surface area contributed by atoms with Gasteiger partial charge in [0.25, 0.3) is 5.91 Å². The lowest BCUT2D eigenvalue weighted by Gasteiger charge is -2.14. The quantitative estimate of drug-likeness (QED) is 0.889. The summed E-state index contributed by atoms with van der Waals surface area (Å²) in [6.07, 6.45) is -0.728. The van der Waals surface area contributed by atoms with Crippen LogP contribution in [-0.4, -0.2) is 23.1 Å². The molecule has 0 fully saturated rings. The summed E-state index contributed by atoms with van der Waals surface area (Å²) in [5.74, 6) is -0.855. The number of hydrogen-bond donors (Lipinski definition) is 2. The fourth-order valence-electron chi connectivity index (χ4n) is 1.75. The maximum absolute atomic E-state index is 12.1. The second-order valence-corrected chi connectivity index (χ2v) is 5.45. The van der Waals surface area contributed by atoms with Crippen molar-refractivity contribution in [3.05, 3.63) is 46.2 Å². The number of amides is 1. The summed E-state index contributed by atoms with van der Waals surface area (Å²) in [6.45, 7) is 3.55. The Morgan fingerprint density at radius 3 is 2.76 bits per heavy atom. The van der Waals surface area contributed by atoms with Crippen LogP contribution in [0.2, 0.25) is 0 Å². The van der Waals surface area contributed by atoms with Gasteiger partial charge in [0.1, 0.15) is 10.6 Å². The lowest BCUT2D eigenvalue weighted by Crippen LogP contribution is -2.30. The van der Waals surface area contributed by atoms with Gasteiger partial charge in [0.15, 0.2) is 6.10 Å². The first-order valence-electron chi connectivity index (χ1n) is 6.32. The lowest BCUT2D eigenvalue weighted by atomic mass is 10.2. The Balaban J connectivity index is 2.03. The molecule has 0 aliphatic heterocycles. The summed E-state index contributed by atoms with van der Waals surface area (Å²) >= 11 is 1.06. The van der Waals surface area contributed by atoms with Crippen LogP contribution in [0.4, 0.5) is 5.69 Å². The summed E-state index contributed by atoms with van der Waals surface area (Å²) in [4.78, 5) is 23.1. The predicted molar refractivity (Wildman–Crippen MR) is 81.2 cm³/mol. The molecule has 0 aliphatic carbocycles. The molecule has 2 rings (SSSR count). The molecule has 1 atom stereocenters. The molecule has 1 heterocycles. The summed E-state index contributed by atoms with van der Waals surface area (Å²) in [5, 5.41) is 13.2. The summed E-state index contributed by atoms with van der Waals surface area (Å²) in [7, 11) is 0. The normalized spacial score (nSPS) is 11.7. The molecule has 0 saturated carbocycles. The van der Waals surface area contributed by atoms with E-state index in [0.717, 1.165) is 16.9 Å². The van der Waals surface area contributed by atoms with Gasteiger partial charge in [0, 0.05) is 0 Å². The third-order valence-electron chi connectivity index (χ3n) is 2.79. The van der Waals surface area contributed by atoms with Crippen LogP contribution in [0.15, 0.2) is 35.7 Å². The highest BCUT2D eigenvalue weighted by molar-refractivity contribution is 7.12. The molecule has 0 radical (unpaired) electrons. The van der Waals surface area contributed by atoms with E-state index >= 15 is 0 Å². The number of carboxylic acid groups (broad SMARTS) is 1. The van der Waals surface area contributed by atoms with E-state index in [1.54, 1.807) is 24.4 Å². The van der Waals surface area contributed by atoms with Crippen molar-refractivity contribution in [2.75, 3.05) is 5.32 Å². The van der Waals surface area contributed by atoms with E-state index in [4.69, 9.17) is 9.84 Å². The molecule has 1 aromatic carbocycles. The number of aromatic carboxylic acids is 1. The van der Waals surface area contributed by atoms with Crippen LogP contribution in [-0.2, 0) is 4.79 Å². The van der Waals surface area contributed by atoms with Gasteiger partial charge in [-0.3, -0.25) is 4.79 Å². The van der Waals surface area contributed by atoms with Crippen LogP contribution in [0, 0.1) is 6.92 Å². The van der Waals surface area contributed by atoms with Gasteiger partial charge in [-0.2, -0.15) is 0 Å². The van der Waals surface area contributed by atoms with Gasteiger partial charge in [0.2, 0.25) is 0 Å². The molecule has 21 heavy (non-hydrogen) atoms. The minimum Gasteiger partial charge on any atom is -0.481 e. The van der Waals surface area contributed by atoms with Gasteiger partial charge >= 0.3 is 5.97 Å². The van der Waals surface area contributed by atoms with Crippen molar-refractivity contribution < 1.29 is 19.4 Å². The van der Waals surface area contributed by atoms with Gasteiger partial charge in [-0.15, -0.1) is 11.3 Å². The van der Waals surface area contributed by atoms with E-state index in [1.807, 2.05) is 25.1 Å². The van der Waals surface area contributed by atoms with Crippen molar-refractivity contribution in [1.29, 1.82) is 0 Å². The van der Waals surface area contributed by atoms with Crippen molar-refractivity contribution in [1.82, 2.24) is 0 Å². The SMILES string of the molecule is Cc1cccc(OC(C)C(=O)Nc2ccsc2C(=O)O)c1. The minimum absolute atomic E-state index is 0.103. The number of thiophene rings is 1. The van der Waals surface area contributed by atoms with Crippen LogP contribution in [0.3, 0.4) is 0 Å². The van der Waals surface area contributed by atoms with E-state index in [9.17, 15) is 9.59 Å². The maximum Gasteiger partial charge on any atom is 0.348 e. The van der Waals surface area contributed by atoms with Gasteiger partial charge in [-0.25, -0.2) is 4.79 Å².